The largest absolute Gasteiger partial charge is 0.463 e. The summed E-state index contributed by atoms with van der Waals surface area (Å²) in [7, 11) is 0. The summed E-state index contributed by atoms with van der Waals surface area (Å²) in [5, 5.41) is 13.7. The number of aromatic nitrogens is 6. The van der Waals surface area contributed by atoms with Crippen molar-refractivity contribution >= 4 is 62.6 Å². The number of piperazine rings is 1. The summed E-state index contributed by atoms with van der Waals surface area (Å²) >= 11 is 8.06. The van der Waals surface area contributed by atoms with Gasteiger partial charge in [0.1, 0.15) is 30.0 Å². The van der Waals surface area contributed by atoms with E-state index < -0.39 is 5.82 Å². The van der Waals surface area contributed by atoms with Crippen molar-refractivity contribution in [2.45, 2.75) is 55.0 Å². The lowest BCUT2D eigenvalue weighted by atomic mass is 10.0. The number of benzene rings is 3. The van der Waals surface area contributed by atoms with Gasteiger partial charge in [-0.1, -0.05) is 41.9 Å². The number of carbonyl (C=O) groups is 1. The zero-order chi connectivity index (χ0) is 34.5. The Bertz CT molecular complexity index is 2270. The van der Waals surface area contributed by atoms with Crippen molar-refractivity contribution in [3.05, 3.63) is 89.9 Å². The van der Waals surface area contributed by atoms with Gasteiger partial charge in [-0.15, -0.1) is 5.10 Å². The predicted octanol–water partition coefficient (Wildman–Crippen LogP) is 7.01. The first kappa shape index (κ1) is 32.1. The van der Waals surface area contributed by atoms with Crippen molar-refractivity contribution < 1.29 is 13.9 Å². The van der Waals surface area contributed by atoms with Crippen LogP contribution in [0.3, 0.4) is 0 Å². The number of nitrogens with one attached hydrogen (secondary N) is 2. The van der Waals surface area contributed by atoms with E-state index in [4.69, 9.17) is 21.3 Å². The van der Waals surface area contributed by atoms with Crippen LogP contribution in [-0.2, 0) is 4.79 Å². The predicted molar refractivity (Wildman–Crippen MR) is 196 cm³/mol. The molecule has 0 spiro atoms. The number of hydrogen-bond acceptors (Lipinski definition) is 10. The van der Waals surface area contributed by atoms with Crippen LogP contribution >= 0.6 is 23.5 Å². The van der Waals surface area contributed by atoms with Crippen molar-refractivity contribution in [3.63, 3.8) is 0 Å². The number of rotatable bonds is 10. The highest BCUT2D eigenvalue weighted by atomic mass is 35.5. The molecule has 2 unspecified atom stereocenters. The van der Waals surface area contributed by atoms with Gasteiger partial charge in [-0.3, -0.25) is 9.78 Å². The molecule has 2 aliphatic heterocycles. The third-order valence-corrected chi connectivity index (χ3v) is 10.8. The van der Waals surface area contributed by atoms with Crippen molar-refractivity contribution in [3.8, 4) is 17.3 Å². The van der Waals surface area contributed by atoms with Gasteiger partial charge in [0.15, 0.2) is 11.6 Å². The summed E-state index contributed by atoms with van der Waals surface area (Å²) in [6.45, 7) is 1.46. The third kappa shape index (κ3) is 6.57. The van der Waals surface area contributed by atoms with E-state index in [0.29, 0.717) is 50.9 Å². The van der Waals surface area contributed by atoms with Crippen LogP contribution in [0.2, 0.25) is 5.02 Å². The Morgan fingerprint density at radius 1 is 1.00 bits per heavy atom. The first-order chi connectivity index (χ1) is 24.9. The summed E-state index contributed by atoms with van der Waals surface area (Å²) in [4.78, 5) is 34.3. The maximum absolute atomic E-state index is 16.6. The normalized spacial score (nSPS) is 18.4. The molecule has 51 heavy (non-hydrogen) atoms. The van der Waals surface area contributed by atoms with E-state index >= 15 is 4.39 Å². The standard InChI is InChI=1S/C37H33ClFN9O2S/c38-29-6-2-4-21-3-1-5-27(31(21)29)33-32(39)34-28(17-40-33)36(47-18-24-9-10-25(19-47)42-24)45-37(44-34)50-16-15-30(49)43-23-11-13-26(14-12-23)51-48-20-41-35(46-48)22-7-8-22/h1-6,11-14,17,20,22,24-25,42H,7-10,15-16,18-19H2,(H,43,49). The number of fused-ring (bicyclic) bond motifs is 4. The van der Waals surface area contributed by atoms with Crippen molar-refractivity contribution in [1.29, 1.82) is 0 Å². The van der Waals surface area contributed by atoms with Gasteiger partial charge < -0.3 is 20.3 Å². The SMILES string of the molecule is O=C(CCOc1nc(N2CC3CCC(C2)N3)c2cnc(-c3cccc4cccc(Cl)c34)c(F)c2n1)Nc1ccc(Sn2cnc(C3CC3)n2)cc1. The van der Waals surface area contributed by atoms with Gasteiger partial charge >= 0.3 is 6.01 Å². The van der Waals surface area contributed by atoms with E-state index in [-0.39, 0.29) is 36.2 Å². The second kappa shape index (κ2) is 13.4. The molecule has 1 saturated carbocycles. The van der Waals surface area contributed by atoms with Gasteiger partial charge in [0.05, 0.1) is 11.8 Å². The molecule has 2 bridgehead atoms. The fourth-order valence-electron chi connectivity index (χ4n) is 6.98. The first-order valence-corrected chi connectivity index (χ1v) is 18.3. The number of hydrogen-bond donors (Lipinski definition) is 2. The molecular formula is C37H33ClFN9O2S. The highest BCUT2D eigenvalue weighted by molar-refractivity contribution is 7.97. The van der Waals surface area contributed by atoms with Gasteiger partial charge in [-0.25, -0.2) is 9.37 Å². The Morgan fingerprint density at radius 2 is 1.78 bits per heavy atom. The van der Waals surface area contributed by atoms with E-state index in [0.717, 1.165) is 54.9 Å². The zero-order valence-electron chi connectivity index (χ0n) is 27.4. The molecule has 14 heteroatoms. The lowest BCUT2D eigenvalue weighted by Crippen LogP contribution is -2.51. The minimum Gasteiger partial charge on any atom is -0.463 e. The average Bonchev–Trinajstić information content (AvgIpc) is 3.79. The summed E-state index contributed by atoms with van der Waals surface area (Å²) in [5.74, 6) is 1.15. The van der Waals surface area contributed by atoms with Crippen LogP contribution < -0.4 is 20.3 Å². The van der Waals surface area contributed by atoms with E-state index in [1.807, 2.05) is 54.6 Å². The summed E-state index contributed by atoms with van der Waals surface area (Å²) in [6, 6.07) is 19.4. The number of anilines is 2. The zero-order valence-corrected chi connectivity index (χ0v) is 29.0. The van der Waals surface area contributed by atoms with Crippen LogP contribution in [-0.4, -0.2) is 66.8 Å². The molecule has 0 radical (unpaired) electrons. The maximum Gasteiger partial charge on any atom is 0.319 e. The van der Waals surface area contributed by atoms with Gasteiger partial charge in [-0.05, 0) is 61.4 Å². The summed E-state index contributed by atoms with van der Waals surface area (Å²) in [5.41, 5.74) is 1.48. The number of amides is 1. The number of nitrogens with zero attached hydrogens (tertiary/aromatic N) is 7. The number of ether oxygens (including phenoxy) is 1. The highest BCUT2D eigenvalue weighted by Gasteiger charge is 2.34. The van der Waals surface area contributed by atoms with Gasteiger partial charge in [-0.2, -0.15) is 14.1 Å². The molecule has 2 N–H and O–H groups in total. The molecule has 11 nitrogen and oxygen atoms in total. The molecule has 3 fully saturated rings. The first-order valence-electron chi connectivity index (χ1n) is 17.1. The summed E-state index contributed by atoms with van der Waals surface area (Å²) in [6.07, 6.45) is 7.88. The van der Waals surface area contributed by atoms with Crippen LogP contribution in [0.1, 0.15) is 43.8 Å². The van der Waals surface area contributed by atoms with Crippen molar-refractivity contribution in [1.82, 2.24) is 34.4 Å². The van der Waals surface area contributed by atoms with Crippen molar-refractivity contribution in [2.24, 2.45) is 0 Å². The quantitative estimate of drug-likeness (QED) is 0.153. The Hall–Kier alpha value is -4.85. The second-order valence-corrected chi connectivity index (χ2v) is 14.7. The molecule has 3 aliphatic rings. The fraction of sp³-hybridized carbons (Fsp3) is 0.297. The molecular weight excluding hydrogens is 689 g/mol. The highest BCUT2D eigenvalue weighted by Crippen LogP contribution is 2.39. The second-order valence-electron chi connectivity index (χ2n) is 13.2. The van der Waals surface area contributed by atoms with Crippen LogP contribution in [0.15, 0.2) is 78.1 Å². The molecule has 6 aromatic rings. The minimum absolute atomic E-state index is 0.00233. The lowest BCUT2D eigenvalue weighted by Gasteiger charge is -2.34. The topological polar surface area (TPSA) is 123 Å². The third-order valence-electron chi connectivity index (χ3n) is 9.60. The maximum atomic E-state index is 16.6. The Morgan fingerprint density at radius 3 is 2.57 bits per heavy atom. The van der Waals surface area contributed by atoms with Crippen molar-refractivity contribution in [2.75, 3.05) is 29.9 Å². The van der Waals surface area contributed by atoms with Crippen LogP contribution in [0.5, 0.6) is 6.01 Å². The van der Waals surface area contributed by atoms with Gasteiger partial charge in [0, 0.05) is 75.8 Å². The Labute approximate surface area is 302 Å². The molecule has 1 amide bonds. The number of halogens is 2. The lowest BCUT2D eigenvalue weighted by molar-refractivity contribution is -0.116. The molecule has 1 aliphatic carbocycles. The van der Waals surface area contributed by atoms with Crippen LogP contribution in [0, 0.1) is 5.82 Å². The van der Waals surface area contributed by atoms with Gasteiger partial charge in [0.25, 0.3) is 0 Å². The number of pyridine rings is 1. The Kier molecular flexibility index (Phi) is 8.41. The molecule has 2 saturated heterocycles. The van der Waals surface area contributed by atoms with Crippen LogP contribution in [0.4, 0.5) is 15.9 Å². The van der Waals surface area contributed by atoms with Crippen LogP contribution in [0.25, 0.3) is 32.9 Å². The molecule has 258 valence electrons. The molecule has 2 atom stereocenters. The minimum atomic E-state index is -0.585. The molecule has 3 aromatic heterocycles. The number of carbonyl (C=O) groups excluding carboxylic acids is 1. The smallest absolute Gasteiger partial charge is 0.319 e. The summed E-state index contributed by atoms with van der Waals surface area (Å²) < 4.78 is 24.4. The molecule has 5 heterocycles. The van der Waals surface area contributed by atoms with E-state index in [1.54, 1.807) is 22.7 Å². The molecule has 3 aromatic carbocycles. The van der Waals surface area contributed by atoms with E-state index in [1.165, 1.54) is 11.9 Å². The Balaban J connectivity index is 0.937. The average molecular weight is 722 g/mol. The van der Waals surface area contributed by atoms with E-state index in [9.17, 15) is 4.79 Å². The fourth-order valence-corrected chi connectivity index (χ4v) is 7.95. The van der Waals surface area contributed by atoms with E-state index in [2.05, 4.69) is 35.6 Å². The monoisotopic (exact) mass is 721 g/mol. The van der Waals surface area contributed by atoms with Gasteiger partial charge in [0.2, 0.25) is 5.91 Å². The molecule has 9 rings (SSSR count).